The van der Waals surface area contributed by atoms with E-state index in [0.29, 0.717) is 6.42 Å². The zero-order valence-electron chi connectivity index (χ0n) is 11.0. The second-order valence-corrected chi connectivity index (χ2v) is 6.02. The maximum Gasteiger partial charge on any atom is 0.317 e. The third-order valence-corrected chi connectivity index (χ3v) is 4.04. The van der Waals surface area contributed by atoms with Gasteiger partial charge in [0.25, 0.3) is 0 Å². The lowest BCUT2D eigenvalue weighted by atomic mass is 9.85. The van der Waals surface area contributed by atoms with Crippen LogP contribution in [0.1, 0.15) is 64.2 Å². The zero-order valence-corrected chi connectivity index (χ0v) is 12.0. The molecule has 0 amide bonds. The number of carbonyl (C=O) groups is 1. The van der Waals surface area contributed by atoms with Crippen LogP contribution in [0.15, 0.2) is 0 Å². The number of hydrogen-bond acceptors (Lipinski definition) is 3. The third kappa shape index (κ3) is 8.02. The van der Waals surface area contributed by atoms with E-state index in [2.05, 4.69) is 4.52 Å². The molecule has 106 valence electrons. The number of rotatable bonds is 9. The predicted molar refractivity (Wildman–Crippen MR) is 71.8 cm³/mol. The molecule has 1 rings (SSSR count). The van der Waals surface area contributed by atoms with E-state index in [0.717, 1.165) is 18.8 Å². The highest BCUT2D eigenvalue weighted by atomic mass is 31.1. The van der Waals surface area contributed by atoms with Crippen molar-refractivity contribution in [2.24, 2.45) is 5.92 Å². The van der Waals surface area contributed by atoms with E-state index in [1.807, 2.05) is 0 Å². The first-order valence-corrected chi connectivity index (χ1v) is 8.32. The van der Waals surface area contributed by atoms with Gasteiger partial charge in [-0.2, -0.15) is 0 Å². The topological polar surface area (TPSA) is 63.6 Å². The van der Waals surface area contributed by atoms with Gasteiger partial charge in [0.05, 0.1) is 0 Å². The molecule has 0 radical (unpaired) electrons. The summed E-state index contributed by atoms with van der Waals surface area (Å²) >= 11 is 0. The molecule has 1 aliphatic rings. The zero-order chi connectivity index (χ0) is 13.2. The van der Waals surface area contributed by atoms with E-state index < -0.39 is 8.25 Å². The maximum absolute atomic E-state index is 11.3. The van der Waals surface area contributed by atoms with Gasteiger partial charge in [-0.3, -0.25) is 9.36 Å². The highest BCUT2D eigenvalue weighted by Crippen LogP contribution is 2.28. The fraction of sp³-hybridized carbons (Fsp3) is 0.923. The molecule has 0 spiro atoms. The monoisotopic (exact) mass is 276 g/mol. The Labute approximate surface area is 110 Å². The number of ketones is 1. The molecule has 0 bridgehead atoms. The normalized spacial score (nSPS) is 18.7. The van der Waals surface area contributed by atoms with Gasteiger partial charge in [0.2, 0.25) is 0 Å². The van der Waals surface area contributed by atoms with Crippen LogP contribution in [-0.2, 0) is 13.9 Å². The Morgan fingerprint density at radius 3 is 2.56 bits per heavy atom. The Kier molecular flexibility index (Phi) is 8.57. The van der Waals surface area contributed by atoms with Gasteiger partial charge in [-0.1, -0.05) is 51.4 Å². The van der Waals surface area contributed by atoms with Crippen molar-refractivity contribution in [3.63, 3.8) is 0 Å². The third-order valence-electron chi connectivity index (χ3n) is 3.65. The Morgan fingerprint density at radius 2 is 1.89 bits per heavy atom. The molecule has 18 heavy (non-hydrogen) atoms. The van der Waals surface area contributed by atoms with E-state index in [1.54, 1.807) is 0 Å². The van der Waals surface area contributed by atoms with Gasteiger partial charge in [-0.25, -0.2) is 0 Å². The van der Waals surface area contributed by atoms with Gasteiger partial charge in [0.1, 0.15) is 6.61 Å². The van der Waals surface area contributed by atoms with Crippen molar-refractivity contribution in [2.75, 3.05) is 6.61 Å². The van der Waals surface area contributed by atoms with Crippen LogP contribution in [0.25, 0.3) is 0 Å². The van der Waals surface area contributed by atoms with E-state index in [1.165, 1.54) is 44.9 Å². The van der Waals surface area contributed by atoms with Crippen molar-refractivity contribution in [3.8, 4) is 0 Å². The Bertz CT molecular complexity index is 262. The van der Waals surface area contributed by atoms with Gasteiger partial charge < -0.3 is 9.42 Å². The van der Waals surface area contributed by atoms with Crippen molar-refractivity contribution < 1.29 is 18.8 Å². The summed E-state index contributed by atoms with van der Waals surface area (Å²) in [6.07, 6.45) is 11.9. The van der Waals surface area contributed by atoms with Crippen LogP contribution < -0.4 is 0 Å². The molecule has 0 aromatic carbocycles. The average Bonchev–Trinajstić information content (AvgIpc) is 2.37. The summed E-state index contributed by atoms with van der Waals surface area (Å²) in [5.41, 5.74) is 0. The number of carbonyl (C=O) groups excluding carboxylic acids is 1. The molecule has 1 unspecified atom stereocenters. The Balaban J connectivity index is 1.91. The molecule has 1 atom stereocenters. The molecule has 0 aliphatic heterocycles. The average molecular weight is 276 g/mol. The minimum absolute atomic E-state index is 0.0694. The van der Waals surface area contributed by atoms with E-state index >= 15 is 0 Å². The Hall–Kier alpha value is -0.180. The molecular weight excluding hydrogens is 251 g/mol. The molecule has 0 aromatic heterocycles. The number of hydrogen-bond donors (Lipinski definition) is 1. The number of unbranched alkanes of at least 4 members (excludes halogenated alkanes) is 2. The molecule has 1 fully saturated rings. The van der Waals surface area contributed by atoms with Crippen molar-refractivity contribution in [1.82, 2.24) is 0 Å². The molecule has 0 saturated heterocycles. The lowest BCUT2D eigenvalue weighted by Gasteiger charge is -2.21. The molecule has 0 aromatic rings. The van der Waals surface area contributed by atoms with Crippen LogP contribution in [0.2, 0.25) is 0 Å². The molecule has 1 N–H and O–H groups in total. The lowest BCUT2D eigenvalue weighted by molar-refractivity contribution is -0.121. The first-order valence-electron chi connectivity index (χ1n) is 7.06. The molecule has 5 heteroatoms. The molecule has 1 saturated carbocycles. The Morgan fingerprint density at radius 1 is 1.17 bits per heavy atom. The highest BCUT2D eigenvalue weighted by molar-refractivity contribution is 7.32. The largest absolute Gasteiger partial charge is 0.326 e. The fourth-order valence-electron chi connectivity index (χ4n) is 2.62. The summed E-state index contributed by atoms with van der Waals surface area (Å²) in [7, 11) is -2.95. The summed E-state index contributed by atoms with van der Waals surface area (Å²) < 4.78 is 14.7. The maximum atomic E-state index is 11.3. The second kappa shape index (κ2) is 9.71. The fourth-order valence-corrected chi connectivity index (χ4v) is 2.91. The van der Waals surface area contributed by atoms with Gasteiger partial charge in [0, 0.05) is 6.42 Å². The van der Waals surface area contributed by atoms with Crippen molar-refractivity contribution in [3.05, 3.63) is 0 Å². The molecule has 1 aliphatic carbocycles. The summed E-state index contributed by atoms with van der Waals surface area (Å²) in [5, 5.41) is 0. The van der Waals surface area contributed by atoms with E-state index in [4.69, 9.17) is 4.89 Å². The first kappa shape index (κ1) is 15.9. The van der Waals surface area contributed by atoms with Crippen LogP contribution in [-0.4, -0.2) is 17.3 Å². The van der Waals surface area contributed by atoms with Gasteiger partial charge in [-0.05, 0) is 12.3 Å². The highest BCUT2D eigenvalue weighted by Gasteiger charge is 2.12. The summed E-state index contributed by atoms with van der Waals surface area (Å²) in [6.45, 7) is -0.211. The van der Waals surface area contributed by atoms with Crippen LogP contribution in [0.5, 0.6) is 0 Å². The predicted octanol–water partition coefficient (Wildman–Crippen LogP) is 3.48. The van der Waals surface area contributed by atoms with Crippen LogP contribution >= 0.6 is 8.25 Å². The number of Topliss-reactive ketones (excluding diaryl/α,β-unsaturated/α-hetero) is 1. The van der Waals surface area contributed by atoms with Crippen LogP contribution in [0.4, 0.5) is 0 Å². The van der Waals surface area contributed by atoms with E-state index in [9.17, 15) is 9.36 Å². The van der Waals surface area contributed by atoms with Crippen molar-refractivity contribution >= 4 is 14.0 Å². The van der Waals surface area contributed by atoms with Crippen LogP contribution in [0.3, 0.4) is 0 Å². The summed E-state index contributed by atoms with van der Waals surface area (Å²) in [6, 6.07) is 0. The SMILES string of the molecule is O=C(CCCCCC1CCCCC1)CO[PH](=O)O. The standard InChI is InChI=1S/C13H25O4P/c14-13(11-17-18(15)16)10-6-2-5-9-12-7-3-1-4-8-12/h12,18H,1-11H2,(H,15,16). The minimum Gasteiger partial charge on any atom is -0.326 e. The lowest BCUT2D eigenvalue weighted by Crippen LogP contribution is -2.07. The van der Waals surface area contributed by atoms with Crippen molar-refractivity contribution in [1.29, 1.82) is 0 Å². The molecule has 0 heterocycles. The van der Waals surface area contributed by atoms with E-state index in [-0.39, 0.29) is 12.4 Å². The second-order valence-electron chi connectivity index (χ2n) is 5.20. The minimum atomic E-state index is -2.95. The van der Waals surface area contributed by atoms with Gasteiger partial charge in [-0.15, -0.1) is 0 Å². The summed E-state index contributed by atoms with van der Waals surface area (Å²) in [4.78, 5) is 19.7. The quantitative estimate of drug-likeness (QED) is 0.517. The van der Waals surface area contributed by atoms with Crippen molar-refractivity contribution in [2.45, 2.75) is 64.2 Å². The molecular formula is C13H25O4P. The smallest absolute Gasteiger partial charge is 0.317 e. The van der Waals surface area contributed by atoms with Gasteiger partial charge in [0.15, 0.2) is 5.78 Å². The summed E-state index contributed by atoms with van der Waals surface area (Å²) in [5.74, 6) is 0.845. The first-order chi connectivity index (χ1) is 8.68. The van der Waals surface area contributed by atoms with Crippen LogP contribution in [0, 0.1) is 5.92 Å². The molecule has 4 nitrogen and oxygen atoms in total. The van der Waals surface area contributed by atoms with Gasteiger partial charge >= 0.3 is 8.25 Å².